The number of nitrogens with zero attached hydrogens (tertiary/aromatic N) is 1. The van der Waals surface area contributed by atoms with Crippen LogP contribution in [0.25, 0.3) is 0 Å². The molecule has 0 spiro atoms. The largest absolute Gasteiger partial charge is 0.332 e. The number of nitrogens with one attached hydrogen (secondary N) is 1. The fourth-order valence-electron chi connectivity index (χ4n) is 1.95. The molecular weight excluding hydrogens is 216 g/mol. The summed E-state index contributed by atoms with van der Waals surface area (Å²) in [5.74, 6) is 0.482. The minimum Gasteiger partial charge on any atom is -0.332 e. The second-order valence-electron chi connectivity index (χ2n) is 5.09. The number of carbonyl (C=O) groups excluding carboxylic acids is 2. The van der Waals surface area contributed by atoms with Gasteiger partial charge in [0, 0.05) is 19.0 Å². The van der Waals surface area contributed by atoms with E-state index in [9.17, 15) is 9.59 Å². The third-order valence-electron chi connectivity index (χ3n) is 3.18. The Bertz CT molecular complexity index is 358. The highest BCUT2D eigenvalue weighted by atomic mass is 16.2. The van der Waals surface area contributed by atoms with Crippen LogP contribution in [0, 0.1) is 5.92 Å². The number of hydrogen-bond donors (Lipinski definition) is 1. The van der Waals surface area contributed by atoms with Crippen LogP contribution in [0.2, 0.25) is 0 Å². The van der Waals surface area contributed by atoms with Crippen molar-refractivity contribution in [1.29, 1.82) is 0 Å². The standard InChI is InChI=1S/C13H22N2O2/c1-8(2)6-7-15-12(14-11(5)16)9(3)10(4)13(15)17/h8,12H,6-7H2,1-5H3,(H,14,16). The van der Waals surface area contributed by atoms with E-state index in [1.165, 1.54) is 6.92 Å². The Kier molecular flexibility index (Phi) is 4.32. The van der Waals surface area contributed by atoms with Gasteiger partial charge in [-0.15, -0.1) is 0 Å². The first-order valence-electron chi connectivity index (χ1n) is 6.10. The number of hydrogen-bond acceptors (Lipinski definition) is 2. The van der Waals surface area contributed by atoms with Gasteiger partial charge in [0.15, 0.2) is 0 Å². The summed E-state index contributed by atoms with van der Waals surface area (Å²) in [6.07, 6.45) is 0.696. The maximum Gasteiger partial charge on any atom is 0.251 e. The van der Waals surface area contributed by atoms with E-state index in [1.54, 1.807) is 4.90 Å². The van der Waals surface area contributed by atoms with Crippen molar-refractivity contribution in [2.24, 2.45) is 5.92 Å². The van der Waals surface area contributed by atoms with Crippen molar-refractivity contribution in [2.75, 3.05) is 6.54 Å². The third kappa shape index (κ3) is 3.08. The summed E-state index contributed by atoms with van der Waals surface area (Å²) in [6, 6.07) is 0. The predicted octanol–water partition coefficient (Wildman–Crippen LogP) is 1.67. The summed E-state index contributed by atoms with van der Waals surface area (Å²) < 4.78 is 0. The van der Waals surface area contributed by atoms with Crippen LogP contribution in [0.5, 0.6) is 0 Å². The Morgan fingerprint density at radius 3 is 2.47 bits per heavy atom. The van der Waals surface area contributed by atoms with Gasteiger partial charge in [0.05, 0.1) is 0 Å². The molecule has 4 nitrogen and oxygen atoms in total. The van der Waals surface area contributed by atoms with Crippen molar-refractivity contribution < 1.29 is 9.59 Å². The summed E-state index contributed by atoms with van der Waals surface area (Å²) in [6.45, 7) is 10.1. The van der Waals surface area contributed by atoms with Crippen LogP contribution in [0.1, 0.15) is 41.0 Å². The van der Waals surface area contributed by atoms with Gasteiger partial charge in [0.2, 0.25) is 5.91 Å². The maximum absolute atomic E-state index is 12.0. The van der Waals surface area contributed by atoms with Crippen molar-refractivity contribution in [3.8, 4) is 0 Å². The first kappa shape index (κ1) is 13.7. The van der Waals surface area contributed by atoms with Gasteiger partial charge in [-0.2, -0.15) is 0 Å². The van der Waals surface area contributed by atoms with Gasteiger partial charge in [-0.1, -0.05) is 13.8 Å². The molecule has 0 aromatic heterocycles. The molecule has 1 atom stereocenters. The van der Waals surface area contributed by atoms with Gasteiger partial charge in [-0.05, 0) is 31.8 Å². The molecule has 0 bridgehead atoms. The van der Waals surface area contributed by atoms with E-state index >= 15 is 0 Å². The number of rotatable bonds is 4. The summed E-state index contributed by atoms with van der Waals surface area (Å²) in [7, 11) is 0. The average molecular weight is 238 g/mol. The van der Waals surface area contributed by atoms with E-state index in [1.807, 2.05) is 13.8 Å². The van der Waals surface area contributed by atoms with E-state index in [0.29, 0.717) is 12.5 Å². The van der Waals surface area contributed by atoms with Gasteiger partial charge in [0.25, 0.3) is 5.91 Å². The van der Waals surface area contributed by atoms with Gasteiger partial charge >= 0.3 is 0 Å². The molecule has 1 heterocycles. The van der Waals surface area contributed by atoms with Crippen LogP contribution in [0.3, 0.4) is 0 Å². The van der Waals surface area contributed by atoms with Gasteiger partial charge < -0.3 is 10.2 Å². The predicted molar refractivity (Wildman–Crippen MR) is 67.1 cm³/mol. The zero-order valence-corrected chi connectivity index (χ0v) is 11.3. The lowest BCUT2D eigenvalue weighted by Gasteiger charge is -2.27. The van der Waals surface area contributed by atoms with Crippen LogP contribution in [-0.4, -0.2) is 29.4 Å². The summed E-state index contributed by atoms with van der Waals surface area (Å²) in [5.41, 5.74) is 1.71. The molecule has 4 heteroatoms. The van der Waals surface area contributed by atoms with E-state index in [-0.39, 0.29) is 18.0 Å². The molecule has 1 aliphatic heterocycles. The molecular formula is C13H22N2O2. The lowest BCUT2D eigenvalue weighted by Crippen LogP contribution is -2.47. The lowest BCUT2D eigenvalue weighted by molar-refractivity contribution is -0.129. The Labute approximate surface area is 103 Å². The molecule has 0 fully saturated rings. The first-order valence-corrected chi connectivity index (χ1v) is 6.10. The second kappa shape index (κ2) is 5.34. The molecule has 2 amide bonds. The van der Waals surface area contributed by atoms with E-state index in [4.69, 9.17) is 0 Å². The van der Waals surface area contributed by atoms with Crippen molar-refractivity contribution in [2.45, 2.75) is 47.2 Å². The molecule has 1 aliphatic rings. The van der Waals surface area contributed by atoms with Crippen LogP contribution < -0.4 is 5.32 Å². The molecule has 17 heavy (non-hydrogen) atoms. The first-order chi connectivity index (χ1) is 7.84. The van der Waals surface area contributed by atoms with E-state index in [0.717, 1.165) is 17.6 Å². The molecule has 0 saturated carbocycles. The summed E-state index contributed by atoms with van der Waals surface area (Å²) in [5, 5.41) is 2.83. The van der Waals surface area contributed by atoms with Crippen molar-refractivity contribution in [3.63, 3.8) is 0 Å². The van der Waals surface area contributed by atoms with E-state index < -0.39 is 0 Å². The Morgan fingerprint density at radius 2 is 2.00 bits per heavy atom. The molecule has 0 saturated heterocycles. The minimum atomic E-state index is -0.251. The molecule has 96 valence electrons. The highest BCUT2D eigenvalue weighted by Crippen LogP contribution is 2.24. The van der Waals surface area contributed by atoms with Crippen molar-refractivity contribution >= 4 is 11.8 Å². The molecule has 0 aromatic carbocycles. The maximum atomic E-state index is 12.0. The van der Waals surface area contributed by atoms with Crippen LogP contribution in [0.4, 0.5) is 0 Å². The monoisotopic (exact) mass is 238 g/mol. The number of carbonyl (C=O) groups is 2. The lowest BCUT2D eigenvalue weighted by atomic mass is 10.1. The van der Waals surface area contributed by atoms with Crippen molar-refractivity contribution in [1.82, 2.24) is 10.2 Å². The molecule has 1 N–H and O–H groups in total. The molecule has 1 unspecified atom stereocenters. The molecule has 0 radical (unpaired) electrons. The SMILES string of the molecule is CC(=O)NC1C(C)=C(C)C(=O)N1CCC(C)C. The Morgan fingerprint density at radius 1 is 1.41 bits per heavy atom. The third-order valence-corrected chi connectivity index (χ3v) is 3.18. The van der Waals surface area contributed by atoms with Gasteiger partial charge in [0.1, 0.15) is 6.17 Å². The topological polar surface area (TPSA) is 49.4 Å². The highest BCUT2D eigenvalue weighted by Gasteiger charge is 2.34. The Balaban J connectivity index is 2.80. The van der Waals surface area contributed by atoms with Crippen LogP contribution >= 0.6 is 0 Å². The normalized spacial score (nSPS) is 20.5. The zero-order valence-electron chi connectivity index (χ0n) is 11.3. The average Bonchev–Trinajstić information content (AvgIpc) is 2.41. The smallest absolute Gasteiger partial charge is 0.251 e. The quantitative estimate of drug-likeness (QED) is 0.810. The van der Waals surface area contributed by atoms with Crippen LogP contribution in [0.15, 0.2) is 11.1 Å². The highest BCUT2D eigenvalue weighted by molar-refractivity contribution is 5.97. The fraction of sp³-hybridized carbons (Fsp3) is 0.692. The molecule has 1 rings (SSSR count). The fourth-order valence-corrected chi connectivity index (χ4v) is 1.95. The summed E-state index contributed by atoms with van der Waals surface area (Å²) in [4.78, 5) is 25.0. The second-order valence-corrected chi connectivity index (χ2v) is 5.09. The van der Waals surface area contributed by atoms with Crippen LogP contribution in [-0.2, 0) is 9.59 Å². The summed E-state index contributed by atoms with van der Waals surface area (Å²) >= 11 is 0. The van der Waals surface area contributed by atoms with Crippen molar-refractivity contribution in [3.05, 3.63) is 11.1 Å². The van der Waals surface area contributed by atoms with Gasteiger partial charge in [-0.3, -0.25) is 9.59 Å². The van der Waals surface area contributed by atoms with Gasteiger partial charge in [-0.25, -0.2) is 0 Å². The van der Waals surface area contributed by atoms with E-state index in [2.05, 4.69) is 19.2 Å². The Hall–Kier alpha value is -1.32. The minimum absolute atomic E-state index is 0.0434. The zero-order chi connectivity index (χ0) is 13.2. The number of amides is 2. The molecule has 0 aliphatic carbocycles. The molecule has 0 aromatic rings.